The van der Waals surface area contributed by atoms with E-state index in [0.29, 0.717) is 11.4 Å². The van der Waals surface area contributed by atoms with Crippen molar-refractivity contribution in [3.8, 4) is 0 Å². The number of hydrogen-bond acceptors (Lipinski definition) is 3. The zero-order valence-corrected chi connectivity index (χ0v) is 15.1. The van der Waals surface area contributed by atoms with E-state index < -0.39 is 63.1 Å². The number of halogens is 9. The number of rotatable bonds is 4. The smallest absolute Gasteiger partial charge is 0.315 e. The molecule has 3 N–H and O–H groups in total. The largest absolute Gasteiger partial charge is 0.420 e. The Balaban J connectivity index is 3.15. The van der Waals surface area contributed by atoms with Crippen molar-refractivity contribution in [1.29, 1.82) is 0 Å². The number of amides is 2. The summed E-state index contributed by atoms with van der Waals surface area (Å²) < 4.78 is 139. The predicted molar refractivity (Wildman–Crippen MR) is 78.7 cm³/mol. The third-order valence-corrected chi connectivity index (χ3v) is 5.03. The molecule has 0 atom stereocenters. The van der Waals surface area contributed by atoms with Gasteiger partial charge in [0.25, 0.3) is 10.0 Å². The molecule has 1 rings (SSSR count). The SMILES string of the molecule is Cc1cccc(C(F)(F)F)c1S(=O)(=O)NNC(=O)NC(C)(C(F)(F)F)C(F)(F)F. The molecule has 0 radical (unpaired) electrons. The van der Waals surface area contributed by atoms with E-state index in [1.165, 1.54) is 0 Å². The minimum Gasteiger partial charge on any atom is -0.315 e. The van der Waals surface area contributed by atoms with E-state index in [4.69, 9.17) is 0 Å². The van der Waals surface area contributed by atoms with Gasteiger partial charge < -0.3 is 5.32 Å². The fraction of sp³-hybridized carbons (Fsp3) is 0.462. The van der Waals surface area contributed by atoms with Gasteiger partial charge in [0.2, 0.25) is 5.54 Å². The predicted octanol–water partition coefficient (Wildman–Crippen LogP) is 3.39. The molecular weight excluding hydrogens is 449 g/mol. The summed E-state index contributed by atoms with van der Waals surface area (Å²) >= 11 is 0. The fourth-order valence-electron chi connectivity index (χ4n) is 1.96. The number of hydrogen-bond donors (Lipinski definition) is 3. The second kappa shape index (κ2) is 7.55. The molecule has 0 bridgehead atoms. The summed E-state index contributed by atoms with van der Waals surface area (Å²) in [5.41, 5.74) is -5.91. The molecule has 0 aliphatic rings. The summed E-state index contributed by atoms with van der Waals surface area (Å²) in [6, 6.07) is -0.108. The van der Waals surface area contributed by atoms with E-state index in [1.807, 2.05) is 0 Å². The quantitative estimate of drug-likeness (QED) is 0.475. The average molecular weight is 461 g/mol. The van der Waals surface area contributed by atoms with Crippen LogP contribution < -0.4 is 15.6 Å². The van der Waals surface area contributed by atoms with Gasteiger partial charge in [-0.3, -0.25) is 5.43 Å². The number of urea groups is 1. The lowest BCUT2D eigenvalue weighted by molar-refractivity contribution is -0.297. The van der Waals surface area contributed by atoms with Gasteiger partial charge in [-0.25, -0.2) is 13.2 Å². The number of hydrazine groups is 1. The zero-order chi connectivity index (χ0) is 23.1. The Hall–Kier alpha value is -2.23. The van der Waals surface area contributed by atoms with E-state index in [9.17, 15) is 52.7 Å². The Morgan fingerprint density at radius 3 is 1.83 bits per heavy atom. The normalized spacial score (nSPS) is 13.9. The molecule has 2 amide bonds. The van der Waals surface area contributed by atoms with Gasteiger partial charge in [-0.15, -0.1) is 4.83 Å². The maximum atomic E-state index is 13.0. The Labute approximate surface area is 157 Å². The first-order valence-corrected chi connectivity index (χ1v) is 8.62. The van der Waals surface area contributed by atoms with Crippen LogP contribution in [0.25, 0.3) is 0 Å². The molecular formula is C13H12F9N3O3S. The molecule has 1 aromatic carbocycles. The van der Waals surface area contributed by atoms with Crippen molar-refractivity contribution in [2.45, 2.75) is 42.8 Å². The van der Waals surface area contributed by atoms with E-state index >= 15 is 0 Å². The zero-order valence-electron chi connectivity index (χ0n) is 14.3. The molecule has 0 heterocycles. The maximum Gasteiger partial charge on any atom is 0.420 e. The first kappa shape index (κ1) is 24.8. The lowest BCUT2D eigenvalue weighted by atomic mass is 10.0. The van der Waals surface area contributed by atoms with Crippen LogP contribution in [0.4, 0.5) is 44.3 Å². The summed E-state index contributed by atoms with van der Waals surface area (Å²) in [6.45, 7) is 0.526. The highest BCUT2D eigenvalue weighted by Crippen LogP contribution is 2.42. The van der Waals surface area contributed by atoms with Crippen molar-refractivity contribution in [2.75, 3.05) is 0 Å². The van der Waals surface area contributed by atoms with Gasteiger partial charge in [-0.2, -0.15) is 39.5 Å². The summed E-state index contributed by atoms with van der Waals surface area (Å²) in [4.78, 5) is 11.1. The number of sulfonamides is 1. The fourth-order valence-corrected chi connectivity index (χ4v) is 3.25. The summed E-state index contributed by atoms with van der Waals surface area (Å²) in [6.07, 6.45) is -17.2. The van der Waals surface area contributed by atoms with Gasteiger partial charge in [0.1, 0.15) is 0 Å². The maximum absolute atomic E-state index is 13.0. The highest BCUT2D eigenvalue weighted by atomic mass is 32.2. The molecule has 0 aliphatic heterocycles. The van der Waals surface area contributed by atoms with Crippen LogP contribution in [0.2, 0.25) is 0 Å². The second-order valence-electron chi connectivity index (χ2n) is 5.75. The van der Waals surface area contributed by atoms with Crippen molar-refractivity contribution in [1.82, 2.24) is 15.6 Å². The van der Waals surface area contributed by atoms with Crippen LogP contribution in [-0.2, 0) is 16.2 Å². The van der Waals surface area contributed by atoms with Crippen LogP contribution in [0.5, 0.6) is 0 Å². The molecule has 0 aliphatic carbocycles. The standard InChI is InChI=1S/C13H12F9N3O3S/c1-6-4-3-5-7(11(14,15)16)8(6)29(27,28)25-24-9(26)23-10(2,12(17,18)19)13(20,21)22/h3-5,25H,1-2H3,(H2,23,24,26). The molecule has 16 heteroatoms. The van der Waals surface area contributed by atoms with Crippen LogP contribution in [-0.4, -0.2) is 32.3 Å². The summed E-state index contributed by atoms with van der Waals surface area (Å²) in [7, 11) is -5.23. The molecule has 0 saturated carbocycles. The average Bonchev–Trinajstić information content (AvgIpc) is 2.49. The minimum atomic E-state index is -6.03. The number of carbonyl (C=O) groups excluding carboxylic acids is 1. The van der Waals surface area contributed by atoms with Gasteiger partial charge >= 0.3 is 24.6 Å². The highest BCUT2D eigenvalue weighted by Gasteiger charge is 2.68. The molecule has 6 nitrogen and oxygen atoms in total. The lowest BCUT2D eigenvalue weighted by Crippen LogP contribution is -2.67. The van der Waals surface area contributed by atoms with Gasteiger partial charge in [-0.1, -0.05) is 12.1 Å². The van der Waals surface area contributed by atoms with Crippen LogP contribution >= 0.6 is 0 Å². The van der Waals surface area contributed by atoms with E-state index in [2.05, 4.69) is 0 Å². The lowest BCUT2D eigenvalue weighted by Gasteiger charge is -2.34. The summed E-state index contributed by atoms with van der Waals surface area (Å²) in [5.74, 6) is 0. The van der Waals surface area contributed by atoms with Gasteiger partial charge in [0.05, 0.1) is 10.5 Å². The van der Waals surface area contributed by atoms with Crippen LogP contribution in [0.3, 0.4) is 0 Å². The highest BCUT2D eigenvalue weighted by molar-refractivity contribution is 7.89. The van der Waals surface area contributed by atoms with Crippen molar-refractivity contribution < 1.29 is 52.7 Å². The van der Waals surface area contributed by atoms with Gasteiger partial charge in [0, 0.05) is 0 Å². The Morgan fingerprint density at radius 1 is 0.931 bits per heavy atom. The third-order valence-electron chi connectivity index (χ3n) is 3.58. The van der Waals surface area contributed by atoms with Gasteiger partial charge in [0.15, 0.2) is 0 Å². The van der Waals surface area contributed by atoms with Crippen LogP contribution in [0.1, 0.15) is 18.1 Å². The van der Waals surface area contributed by atoms with E-state index in [1.54, 1.807) is 0 Å². The number of aryl methyl sites for hydroxylation is 1. The van der Waals surface area contributed by atoms with Crippen molar-refractivity contribution in [3.63, 3.8) is 0 Å². The van der Waals surface area contributed by atoms with Crippen molar-refractivity contribution >= 4 is 16.1 Å². The van der Waals surface area contributed by atoms with Crippen molar-refractivity contribution in [2.24, 2.45) is 0 Å². The number of alkyl halides is 9. The molecule has 0 saturated heterocycles. The second-order valence-corrected chi connectivity index (χ2v) is 7.37. The Kier molecular flexibility index (Phi) is 6.46. The van der Waals surface area contributed by atoms with Crippen LogP contribution in [0.15, 0.2) is 23.1 Å². The molecule has 0 spiro atoms. The number of benzene rings is 1. The first-order chi connectivity index (χ1) is 12.7. The first-order valence-electron chi connectivity index (χ1n) is 7.14. The third kappa shape index (κ3) is 5.23. The minimum absolute atomic E-state index is 0.381. The number of carbonyl (C=O) groups is 1. The molecule has 166 valence electrons. The summed E-state index contributed by atoms with van der Waals surface area (Å²) in [5, 5.41) is 0.508. The molecule has 0 unspecified atom stereocenters. The monoisotopic (exact) mass is 461 g/mol. The molecule has 1 aromatic rings. The van der Waals surface area contributed by atoms with Crippen LogP contribution in [0, 0.1) is 6.92 Å². The van der Waals surface area contributed by atoms with Gasteiger partial charge in [-0.05, 0) is 25.5 Å². The topological polar surface area (TPSA) is 87.3 Å². The molecule has 29 heavy (non-hydrogen) atoms. The van der Waals surface area contributed by atoms with Crippen molar-refractivity contribution in [3.05, 3.63) is 29.3 Å². The number of nitrogens with one attached hydrogen (secondary N) is 3. The molecule has 0 aromatic heterocycles. The molecule has 0 fully saturated rings. The van der Waals surface area contributed by atoms with E-state index in [0.717, 1.165) is 29.3 Å². The van der Waals surface area contributed by atoms with E-state index in [-0.39, 0.29) is 0 Å². The Morgan fingerprint density at radius 2 is 1.41 bits per heavy atom. The Bertz CT molecular complexity index is 862.